The Morgan fingerprint density at radius 1 is 1.02 bits per heavy atom. The summed E-state index contributed by atoms with van der Waals surface area (Å²) in [5.41, 5.74) is 0.613. The summed E-state index contributed by atoms with van der Waals surface area (Å²) in [5.74, 6) is 2.42. The summed E-state index contributed by atoms with van der Waals surface area (Å²) in [6.45, 7) is 1.23. The Balaban J connectivity index is 1.14. The van der Waals surface area contributed by atoms with Gasteiger partial charge in [-0.3, -0.25) is 9.59 Å². The van der Waals surface area contributed by atoms with Crippen molar-refractivity contribution in [2.45, 2.75) is 53.9 Å². The number of thioether (sulfide) groups is 1. The lowest BCUT2D eigenvalue weighted by molar-refractivity contribution is -0.124. The minimum atomic E-state index is -3.76. The van der Waals surface area contributed by atoms with Crippen LogP contribution in [0, 0.1) is 17.8 Å². The Bertz CT molecular complexity index is 1390. The quantitative estimate of drug-likeness (QED) is 0.417. The number of methoxy groups -OCH3 is 1. The number of nitrogens with zero attached hydrogens (tertiary/aromatic N) is 1. The van der Waals surface area contributed by atoms with Crippen LogP contribution in [-0.2, 0) is 19.6 Å². The topological polar surface area (TPSA) is 114 Å². The molecule has 41 heavy (non-hydrogen) atoms. The van der Waals surface area contributed by atoms with E-state index in [0.717, 1.165) is 37.0 Å². The SMILES string of the molecule is COc1ccc(S(=O)(=O)N2CCOCC2)cc1NC(=O)c1ccccc1SCC(=O)NC12CC3CC(CC(C3)C1)C2. The molecule has 1 saturated heterocycles. The lowest BCUT2D eigenvalue weighted by atomic mass is 9.53. The highest BCUT2D eigenvalue weighted by Crippen LogP contribution is 2.55. The normalized spacial score (nSPS) is 27.4. The molecule has 4 aliphatic carbocycles. The van der Waals surface area contributed by atoms with Gasteiger partial charge in [0.25, 0.3) is 5.91 Å². The number of ether oxygens (including phenoxy) is 2. The predicted octanol–water partition coefficient (Wildman–Crippen LogP) is 4.15. The summed E-state index contributed by atoms with van der Waals surface area (Å²) >= 11 is 1.34. The van der Waals surface area contributed by atoms with Crippen molar-refractivity contribution in [3.8, 4) is 5.75 Å². The van der Waals surface area contributed by atoms with Crippen LogP contribution in [0.2, 0.25) is 0 Å². The van der Waals surface area contributed by atoms with Gasteiger partial charge in [0.15, 0.2) is 0 Å². The lowest BCUT2D eigenvalue weighted by Crippen LogP contribution is -2.60. The highest BCUT2D eigenvalue weighted by Gasteiger charge is 2.51. The zero-order valence-corrected chi connectivity index (χ0v) is 24.9. The second kappa shape index (κ2) is 11.6. The first kappa shape index (κ1) is 28.5. The molecule has 9 nitrogen and oxygen atoms in total. The van der Waals surface area contributed by atoms with E-state index in [1.54, 1.807) is 18.2 Å². The Morgan fingerprint density at radius 2 is 1.68 bits per heavy atom. The van der Waals surface area contributed by atoms with Crippen molar-refractivity contribution >= 4 is 39.3 Å². The second-order valence-electron chi connectivity index (χ2n) is 11.9. The van der Waals surface area contributed by atoms with E-state index in [0.29, 0.717) is 29.4 Å². The molecule has 4 saturated carbocycles. The Kier molecular flexibility index (Phi) is 8.06. The third-order valence-electron chi connectivity index (χ3n) is 8.96. The fraction of sp³-hybridized carbons (Fsp3) is 0.533. The standard InChI is InChI=1S/C30H37N3O6S2/c1-38-26-7-6-23(41(36,37)33-8-10-39-11-9-33)15-25(26)31-29(35)24-4-2-3-5-27(24)40-19-28(34)32-30-16-20-12-21(17-30)14-22(13-20)18-30/h2-7,15,20-22H,8-14,16-19H2,1H3,(H,31,35)(H,32,34). The minimum absolute atomic E-state index is 0.00912. The van der Waals surface area contributed by atoms with Crippen LogP contribution in [0.15, 0.2) is 52.3 Å². The molecule has 2 aromatic rings. The maximum atomic E-state index is 13.5. The molecule has 5 aliphatic rings. The van der Waals surface area contributed by atoms with Crippen LogP contribution in [0.3, 0.4) is 0 Å². The molecule has 2 amide bonds. The number of rotatable bonds is 9. The molecule has 4 bridgehead atoms. The molecule has 5 fully saturated rings. The van der Waals surface area contributed by atoms with Gasteiger partial charge in [-0.05, 0) is 86.6 Å². The van der Waals surface area contributed by atoms with Crippen LogP contribution in [-0.4, -0.2) is 69.2 Å². The van der Waals surface area contributed by atoms with Crippen molar-refractivity contribution < 1.29 is 27.5 Å². The summed E-state index contributed by atoms with van der Waals surface area (Å²) < 4.78 is 38.5. The zero-order chi connectivity index (χ0) is 28.6. The Labute approximate surface area is 245 Å². The first-order chi connectivity index (χ1) is 19.7. The number of benzene rings is 2. The summed E-state index contributed by atoms with van der Waals surface area (Å²) in [7, 11) is -2.29. The number of anilines is 1. The number of hydrogen-bond donors (Lipinski definition) is 2. The number of amides is 2. The molecule has 0 radical (unpaired) electrons. The van der Waals surface area contributed by atoms with Gasteiger partial charge in [-0.2, -0.15) is 4.31 Å². The molecule has 11 heteroatoms. The summed E-state index contributed by atoms with van der Waals surface area (Å²) in [5, 5.41) is 6.24. The molecule has 0 atom stereocenters. The van der Waals surface area contributed by atoms with Crippen molar-refractivity contribution in [3.63, 3.8) is 0 Å². The van der Waals surface area contributed by atoms with Gasteiger partial charge in [-0.25, -0.2) is 8.42 Å². The van der Waals surface area contributed by atoms with Gasteiger partial charge in [-0.15, -0.1) is 11.8 Å². The maximum Gasteiger partial charge on any atom is 0.256 e. The number of carbonyl (C=O) groups is 2. The van der Waals surface area contributed by atoms with Gasteiger partial charge in [0, 0.05) is 23.5 Å². The third-order valence-corrected chi connectivity index (χ3v) is 11.9. The van der Waals surface area contributed by atoms with E-state index < -0.39 is 15.9 Å². The van der Waals surface area contributed by atoms with Crippen molar-refractivity contribution in [2.24, 2.45) is 17.8 Å². The molecule has 0 spiro atoms. The molecule has 1 heterocycles. The van der Waals surface area contributed by atoms with Gasteiger partial charge < -0.3 is 20.1 Å². The Hall–Kier alpha value is -2.60. The molecule has 0 unspecified atom stereocenters. The van der Waals surface area contributed by atoms with Crippen LogP contribution < -0.4 is 15.4 Å². The molecule has 0 aromatic heterocycles. The van der Waals surface area contributed by atoms with Crippen LogP contribution in [0.25, 0.3) is 0 Å². The second-order valence-corrected chi connectivity index (χ2v) is 14.8. The highest BCUT2D eigenvalue weighted by molar-refractivity contribution is 8.00. The predicted molar refractivity (Wildman–Crippen MR) is 157 cm³/mol. The van der Waals surface area contributed by atoms with Crippen LogP contribution in [0.4, 0.5) is 5.69 Å². The number of sulfonamides is 1. The van der Waals surface area contributed by atoms with Gasteiger partial charge >= 0.3 is 0 Å². The smallest absolute Gasteiger partial charge is 0.256 e. The minimum Gasteiger partial charge on any atom is -0.495 e. The third kappa shape index (κ3) is 6.00. The molecular formula is C30H37N3O6S2. The van der Waals surface area contributed by atoms with Crippen molar-refractivity contribution in [1.82, 2.24) is 9.62 Å². The molecule has 2 aromatic carbocycles. The molecular weight excluding hydrogens is 562 g/mol. The van der Waals surface area contributed by atoms with E-state index in [1.165, 1.54) is 54.6 Å². The Morgan fingerprint density at radius 3 is 2.34 bits per heavy atom. The van der Waals surface area contributed by atoms with Gasteiger partial charge in [0.1, 0.15) is 5.75 Å². The van der Waals surface area contributed by atoms with E-state index in [4.69, 9.17) is 9.47 Å². The van der Waals surface area contributed by atoms with Crippen LogP contribution >= 0.6 is 11.8 Å². The van der Waals surface area contributed by atoms with Gasteiger partial charge in [-0.1, -0.05) is 12.1 Å². The van der Waals surface area contributed by atoms with E-state index in [2.05, 4.69) is 10.6 Å². The molecule has 2 N–H and O–H groups in total. The molecule has 7 rings (SSSR count). The largest absolute Gasteiger partial charge is 0.495 e. The van der Waals surface area contributed by atoms with Crippen LogP contribution in [0.1, 0.15) is 48.9 Å². The molecule has 220 valence electrons. The maximum absolute atomic E-state index is 13.5. The monoisotopic (exact) mass is 599 g/mol. The average molecular weight is 600 g/mol. The highest BCUT2D eigenvalue weighted by atomic mass is 32.2. The number of carbonyl (C=O) groups excluding carboxylic acids is 2. The summed E-state index contributed by atoms with van der Waals surface area (Å²) in [4.78, 5) is 27.3. The fourth-order valence-electron chi connectivity index (χ4n) is 7.59. The van der Waals surface area contributed by atoms with E-state index in [-0.39, 0.29) is 40.9 Å². The van der Waals surface area contributed by atoms with E-state index in [9.17, 15) is 18.0 Å². The van der Waals surface area contributed by atoms with Crippen molar-refractivity contribution in [1.29, 1.82) is 0 Å². The average Bonchev–Trinajstić information content (AvgIpc) is 2.95. The zero-order valence-electron chi connectivity index (χ0n) is 23.3. The van der Waals surface area contributed by atoms with Gasteiger partial charge in [0.2, 0.25) is 15.9 Å². The summed E-state index contributed by atoms with van der Waals surface area (Å²) in [6.07, 6.45) is 7.24. The summed E-state index contributed by atoms with van der Waals surface area (Å²) in [6, 6.07) is 11.6. The first-order valence-corrected chi connectivity index (χ1v) is 16.8. The van der Waals surface area contributed by atoms with Crippen molar-refractivity contribution in [3.05, 3.63) is 48.0 Å². The van der Waals surface area contributed by atoms with Crippen LogP contribution in [0.5, 0.6) is 5.75 Å². The first-order valence-electron chi connectivity index (χ1n) is 14.3. The number of hydrogen-bond acceptors (Lipinski definition) is 7. The van der Waals surface area contributed by atoms with Gasteiger partial charge in [0.05, 0.1) is 42.2 Å². The molecule has 1 aliphatic heterocycles. The lowest BCUT2D eigenvalue weighted by Gasteiger charge is -2.56. The van der Waals surface area contributed by atoms with Crippen molar-refractivity contribution in [2.75, 3.05) is 44.5 Å². The number of morpholine rings is 1. The fourth-order valence-corrected chi connectivity index (χ4v) is 9.87. The van der Waals surface area contributed by atoms with E-state index >= 15 is 0 Å². The van der Waals surface area contributed by atoms with E-state index in [1.807, 2.05) is 12.1 Å². The number of nitrogens with one attached hydrogen (secondary N) is 2.